The van der Waals surface area contributed by atoms with Crippen molar-refractivity contribution in [2.45, 2.75) is 51.3 Å². The number of carbonyl (C=O) groups is 1. The largest absolute Gasteiger partial charge is 0.372 e. The van der Waals surface area contributed by atoms with Crippen LogP contribution in [-0.4, -0.2) is 73.0 Å². The molecule has 220 valence electrons. The zero-order valence-electron chi connectivity index (χ0n) is 24.7. The zero-order chi connectivity index (χ0) is 30.2. The number of nitrogens with zero attached hydrogens (tertiary/aromatic N) is 5. The smallest absolute Gasteiger partial charge is 0.251 e. The minimum absolute atomic E-state index is 0.119. The van der Waals surface area contributed by atoms with Crippen LogP contribution in [0.1, 0.15) is 41.0 Å². The lowest BCUT2D eigenvalue weighted by Gasteiger charge is -2.36. The molecule has 1 amide bonds. The summed E-state index contributed by atoms with van der Waals surface area (Å²) in [7, 11) is -0.756. The van der Waals surface area contributed by atoms with E-state index in [-0.39, 0.29) is 35.1 Å². The zero-order valence-corrected chi connectivity index (χ0v) is 25.6. The van der Waals surface area contributed by atoms with Gasteiger partial charge in [-0.1, -0.05) is 6.07 Å². The van der Waals surface area contributed by atoms with Crippen molar-refractivity contribution in [1.29, 1.82) is 0 Å². The molecular weight excluding hydrogens is 552 g/mol. The summed E-state index contributed by atoms with van der Waals surface area (Å²) < 4.78 is 32.6. The molecule has 0 aliphatic carbocycles. The summed E-state index contributed by atoms with van der Waals surface area (Å²) in [6.45, 7) is 9.39. The number of fused-ring (bicyclic) bond motifs is 1. The Balaban J connectivity index is 1.35. The molecule has 11 heteroatoms. The SMILES string of the molecule is Cc1cc(C(=O)NCc2cc3nc(-c4cccc(N5C[C@@H](C)O[C@@H](C)C5)n4)ccc3cn2)cc(S(=O)(=O)N(C)C)c1C. The van der Waals surface area contributed by atoms with E-state index in [1.165, 1.54) is 20.2 Å². The average molecular weight is 589 g/mol. The number of ether oxygens (including phenoxy) is 1. The highest BCUT2D eigenvalue weighted by molar-refractivity contribution is 7.89. The number of pyridine rings is 3. The third-order valence-corrected chi connectivity index (χ3v) is 9.38. The summed E-state index contributed by atoms with van der Waals surface area (Å²) in [5.74, 6) is 0.507. The van der Waals surface area contributed by atoms with E-state index in [1.54, 1.807) is 26.1 Å². The second-order valence-corrected chi connectivity index (χ2v) is 13.1. The Bertz CT molecular complexity index is 1750. The molecule has 4 aromatic rings. The second-order valence-electron chi connectivity index (χ2n) is 11.0. The monoisotopic (exact) mass is 588 g/mol. The number of hydrogen-bond acceptors (Lipinski definition) is 8. The van der Waals surface area contributed by atoms with Crippen molar-refractivity contribution in [3.05, 3.63) is 77.1 Å². The quantitative estimate of drug-likeness (QED) is 0.343. The van der Waals surface area contributed by atoms with Crippen molar-refractivity contribution in [3.8, 4) is 11.4 Å². The number of anilines is 1. The Morgan fingerprint density at radius 3 is 2.45 bits per heavy atom. The number of aromatic nitrogens is 3. The molecule has 10 nitrogen and oxygen atoms in total. The topological polar surface area (TPSA) is 118 Å². The number of nitrogens with one attached hydrogen (secondary N) is 1. The summed E-state index contributed by atoms with van der Waals surface area (Å²) in [5, 5.41) is 3.73. The van der Waals surface area contributed by atoms with Crippen molar-refractivity contribution in [2.24, 2.45) is 0 Å². The van der Waals surface area contributed by atoms with Crippen molar-refractivity contribution < 1.29 is 17.9 Å². The maximum absolute atomic E-state index is 13.1. The summed E-state index contributed by atoms with van der Waals surface area (Å²) >= 11 is 0. The van der Waals surface area contributed by atoms with Crippen LogP contribution < -0.4 is 10.2 Å². The van der Waals surface area contributed by atoms with Gasteiger partial charge in [0.25, 0.3) is 5.91 Å². The Morgan fingerprint density at radius 1 is 1.02 bits per heavy atom. The van der Waals surface area contributed by atoms with Gasteiger partial charge < -0.3 is 15.0 Å². The standard InChI is InChI=1S/C31H36N6O4S/c1-19-12-24(13-29(22(19)4)42(39,40)36(5)6)31(38)33-16-25-14-28-23(15-32-25)10-11-27(34-28)26-8-7-9-30(35-26)37-17-20(2)41-21(3)18-37/h7-15,20-21H,16-18H2,1-6H3,(H,33,38)/t20-,21+. The van der Waals surface area contributed by atoms with E-state index < -0.39 is 10.0 Å². The molecule has 1 fully saturated rings. The Hall–Kier alpha value is -3.93. The molecule has 5 rings (SSSR count). The highest BCUT2D eigenvalue weighted by atomic mass is 32.2. The van der Waals surface area contributed by atoms with E-state index in [0.717, 1.165) is 51.1 Å². The fourth-order valence-corrected chi connectivity index (χ4v) is 6.32. The van der Waals surface area contributed by atoms with Gasteiger partial charge in [0.1, 0.15) is 5.82 Å². The maximum atomic E-state index is 13.1. The summed E-state index contributed by atoms with van der Waals surface area (Å²) in [4.78, 5) is 29.6. The van der Waals surface area contributed by atoms with E-state index >= 15 is 0 Å². The van der Waals surface area contributed by atoms with Crippen LogP contribution in [0, 0.1) is 13.8 Å². The van der Waals surface area contributed by atoms with E-state index in [2.05, 4.69) is 29.0 Å². The number of aryl methyl sites for hydroxylation is 1. The minimum atomic E-state index is -3.70. The summed E-state index contributed by atoms with van der Waals surface area (Å²) in [5.41, 5.74) is 4.48. The Morgan fingerprint density at radius 2 is 1.74 bits per heavy atom. The first-order valence-electron chi connectivity index (χ1n) is 13.9. The normalized spacial score (nSPS) is 17.5. The predicted octanol–water partition coefficient (Wildman–Crippen LogP) is 4.10. The van der Waals surface area contributed by atoms with E-state index in [9.17, 15) is 13.2 Å². The molecule has 0 spiro atoms. The van der Waals surface area contributed by atoms with E-state index in [4.69, 9.17) is 14.7 Å². The van der Waals surface area contributed by atoms with Crippen molar-refractivity contribution in [3.63, 3.8) is 0 Å². The number of hydrogen-bond donors (Lipinski definition) is 1. The fraction of sp³-hybridized carbons (Fsp3) is 0.355. The molecule has 1 aliphatic rings. The minimum Gasteiger partial charge on any atom is -0.372 e. The molecule has 4 heterocycles. The van der Waals surface area contributed by atoms with Gasteiger partial charge in [-0.15, -0.1) is 0 Å². The molecule has 0 bridgehead atoms. The molecule has 0 unspecified atom stereocenters. The number of morpholine rings is 1. The van der Waals surface area contributed by atoms with Gasteiger partial charge in [-0.25, -0.2) is 22.7 Å². The van der Waals surface area contributed by atoms with Gasteiger partial charge in [-0.2, -0.15) is 0 Å². The molecule has 0 saturated carbocycles. The second kappa shape index (κ2) is 11.7. The van der Waals surface area contributed by atoms with Gasteiger partial charge in [0, 0.05) is 44.3 Å². The molecular formula is C31H36N6O4S. The first-order valence-corrected chi connectivity index (χ1v) is 15.3. The van der Waals surface area contributed by atoms with Gasteiger partial charge >= 0.3 is 0 Å². The predicted molar refractivity (Wildman–Crippen MR) is 163 cm³/mol. The number of rotatable bonds is 7. The van der Waals surface area contributed by atoms with Crippen LogP contribution in [0.25, 0.3) is 22.3 Å². The highest BCUT2D eigenvalue weighted by Gasteiger charge is 2.24. The first kappa shape index (κ1) is 29.6. The molecule has 1 N–H and O–H groups in total. The van der Waals surface area contributed by atoms with E-state index in [0.29, 0.717) is 11.3 Å². The average Bonchev–Trinajstić information content (AvgIpc) is 2.96. The summed E-state index contributed by atoms with van der Waals surface area (Å²) in [6, 6.07) is 14.8. The lowest BCUT2D eigenvalue weighted by molar-refractivity contribution is -0.00545. The molecule has 42 heavy (non-hydrogen) atoms. The highest BCUT2D eigenvalue weighted by Crippen LogP contribution is 2.25. The van der Waals surface area contributed by atoms with Crippen LogP contribution in [0.5, 0.6) is 0 Å². The molecule has 1 aliphatic heterocycles. The molecule has 2 atom stereocenters. The van der Waals surface area contributed by atoms with Crippen LogP contribution >= 0.6 is 0 Å². The van der Waals surface area contributed by atoms with Crippen LogP contribution in [0.2, 0.25) is 0 Å². The fourth-order valence-electron chi connectivity index (χ4n) is 5.10. The maximum Gasteiger partial charge on any atom is 0.251 e. The lowest BCUT2D eigenvalue weighted by Crippen LogP contribution is -2.45. The van der Waals surface area contributed by atoms with Crippen LogP contribution in [0.3, 0.4) is 0 Å². The third-order valence-electron chi connectivity index (χ3n) is 7.44. The van der Waals surface area contributed by atoms with Gasteiger partial charge in [0.2, 0.25) is 10.0 Å². The van der Waals surface area contributed by atoms with Crippen LogP contribution in [-0.2, 0) is 21.3 Å². The number of carbonyl (C=O) groups excluding carboxylic acids is 1. The van der Waals surface area contributed by atoms with Crippen LogP contribution in [0.4, 0.5) is 5.82 Å². The summed E-state index contributed by atoms with van der Waals surface area (Å²) in [6.07, 6.45) is 1.99. The van der Waals surface area contributed by atoms with E-state index in [1.807, 2.05) is 36.4 Å². The van der Waals surface area contributed by atoms with Crippen LogP contribution in [0.15, 0.2) is 59.6 Å². The van der Waals surface area contributed by atoms with Crippen molar-refractivity contribution in [2.75, 3.05) is 32.1 Å². The lowest BCUT2D eigenvalue weighted by atomic mass is 10.1. The Kier molecular flexibility index (Phi) is 8.27. The Labute approximate surface area is 246 Å². The molecule has 1 aromatic carbocycles. The molecule has 1 saturated heterocycles. The van der Waals surface area contributed by atoms with Gasteiger partial charge in [-0.3, -0.25) is 9.78 Å². The van der Waals surface area contributed by atoms with Crippen molar-refractivity contribution >= 4 is 32.7 Å². The van der Waals surface area contributed by atoms with Gasteiger partial charge in [-0.05, 0) is 81.3 Å². The number of benzene rings is 1. The molecule has 3 aromatic heterocycles. The third kappa shape index (κ3) is 6.13. The molecule has 0 radical (unpaired) electrons. The van der Waals surface area contributed by atoms with Gasteiger partial charge in [0.05, 0.1) is 46.2 Å². The first-order chi connectivity index (χ1) is 19.9. The number of amides is 1. The number of sulfonamides is 1. The van der Waals surface area contributed by atoms with Crippen molar-refractivity contribution in [1.82, 2.24) is 24.6 Å². The van der Waals surface area contributed by atoms with Gasteiger partial charge in [0.15, 0.2) is 0 Å².